The molecule has 2 amide bonds. The van der Waals surface area contributed by atoms with Crippen molar-refractivity contribution in [2.24, 2.45) is 0 Å². The first-order chi connectivity index (χ1) is 10.4. The molecule has 1 fully saturated rings. The zero-order valence-corrected chi connectivity index (χ0v) is 12.5. The topological polar surface area (TPSA) is 58.6 Å². The van der Waals surface area contributed by atoms with Crippen LogP contribution >= 0.6 is 0 Å². The van der Waals surface area contributed by atoms with E-state index in [4.69, 9.17) is 0 Å². The van der Waals surface area contributed by atoms with E-state index in [-0.39, 0.29) is 0 Å². The number of nitrogens with one attached hydrogen (secondary N) is 1. The first-order valence-corrected chi connectivity index (χ1v) is 6.96. The van der Waals surface area contributed by atoms with Crippen molar-refractivity contribution >= 4 is 12.0 Å². The fourth-order valence-electron chi connectivity index (χ4n) is 2.49. The third-order valence-corrected chi connectivity index (χ3v) is 3.90. The van der Waals surface area contributed by atoms with Crippen LogP contribution in [0.15, 0.2) is 18.2 Å². The van der Waals surface area contributed by atoms with Gasteiger partial charge in [-0.15, -0.1) is 0 Å². The standard InChI is InChI=1S/C15H18F2N2O3/c1-15(6-8-19(9-7-15)14(21)22-2)18-13(20)12-10(16)4-3-5-11(12)17/h3-5H,6-9H2,1-2H3,(H,18,20). The van der Waals surface area contributed by atoms with Crippen LogP contribution < -0.4 is 5.32 Å². The van der Waals surface area contributed by atoms with Crippen LogP contribution in [0.2, 0.25) is 0 Å². The number of halogens is 2. The van der Waals surface area contributed by atoms with Gasteiger partial charge in [0.15, 0.2) is 0 Å². The Labute approximate surface area is 127 Å². The van der Waals surface area contributed by atoms with Gasteiger partial charge in [-0.2, -0.15) is 0 Å². The number of likely N-dealkylation sites (tertiary alicyclic amines) is 1. The van der Waals surface area contributed by atoms with E-state index in [2.05, 4.69) is 10.1 Å². The Kier molecular flexibility index (Phi) is 4.63. The fourth-order valence-corrected chi connectivity index (χ4v) is 2.49. The van der Waals surface area contributed by atoms with Crippen LogP contribution in [0, 0.1) is 11.6 Å². The van der Waals surface area contributed by atoms with Crippen LogP contribution in [0.5, 0.6) is 0 Å². The van der Waals surface area contributed by atoms with Crippen molar-refractivity contribution < 1.29 is 23.1 Å². The highest BCUT2D eigenvalue weighted by atomic mass is 19.1. The molecule has 2 rings (SSSR count). The number of carbonyl (C=O) groups excluding carboxylic acids is 2. The van der Waals surface area contributed by atoms with Crippen LogP contribution in [0.4, 0.5) is 13.6 Å². The molecule has 1 aromatic rings. The molecule has 0 saturated carbocycles. The second kappa shape index (κ2) is 6.29. The molecule has 7 heteroatoms. The van der Waals surface area contributed by atoms with Gasteiger partial charge in [-0.05, 0) is 31.9 Å². The highest BCUT2D eigenvalue weighted by molar-refractivity contribution is 5.95. The zero-order chi connectivity index (χ0) is 16.3. The summed E-state index contributed by atoms with van der Waals surface area (Å²) in [6.45, 7) is 2.60. The Bertz CT molecular complexity index is 564. The van der Waals surface area contributed by atoms with Gasteiger partial charge >= 0.3 is 6.09 Å². The number of benzene rings is 1. The van der Waals surface area contributed by atoms with E-state index in [9.17, 15) is 18.4 Å². The average Bonchev–Trinajstić information content (AvgIpc) is 2.46. The van der Waals surface area contributed by atoms with E-state index in [0.717, 1.165) is 12.1 Å². The molecule has 0 aliphatic carbocycles. The number of methoxy groups -OCH3 is 1. The molecule has 0 spiro atoms. The molecule has 1 heterocycles. The molecule has 1 aliphatic rings. The van der Waals surface area contributed by atoms with Gasteiger partial charge in [0.25, 0.3) is 5.91 Å². The molecule has 22 heavy (non-hydrogen) atoms. The number of carbonyl (C=O) groups is 2. The summed E-state index contributed by atoms with van der Waals surface area (Å²) in [5.74, 6) is -2.58. The maximum atomic E-state index is 13.6. The van der Waals surface area contributed by atoms with Gasteiger partial charge in [0.1, 0.15) is 17.2 Å². The molecule has 0 unspecified atom stereocenters. The van der Waals surface area contributed by atoms with E-state index in [1.54, 1.807) is 6.92 Å². The van der Waals surface area contributed by atoms with E-state index < -0.39 is 34.7 Å². The third-order valence-electron chi connectivity index (χ3n) is 3.90. The minimum Gasteiger partial charge on any atom is -0.453 e. The highest BCUT2D eigenvalue weighted by Crippen LogP contribution is 2.23. The molecule has 5 nitrogen and oxygen atoms in total. The Morgan fingerprint density at radius 2 is 1.77 bits per heavy atom. The molecular weight excluding hydrogens is 294 g/mol. The average molecular weight is 312 g/mol. The summed E-state index contributed by atoms with van der Waals surface area (Å²) in [4.78, 5) is 25.1. The summed E-state index contributed by atoms with van der Waals surface area (Å²) < 4.78 is 31.9. The number of amides is 2. The van der Waals surface area contributed by atoms with Crippen molar-refractivity contribution in [1.82, 2.24) is 10.2 Å². The second-order valence-electron chi connectivity index (χ2n) is 5.57. The zero-order valence-electron chi connectivity index (χ0n) is 12.5. The van der Waals surface area contributed by atoms with Crippen molar-refractivity contribution in [2.45, 2.75) is 25.3 Å². The Hall–Kier alpha value is -2.18. The minimum absolute atomic E-state index is 0.406. The number of rotatable bonds is 2. The molecule has 120 valence electrons. The predicted octanol–water partition coefficient (Wildman–Crippen LogP) is 2.32. The largest absolute Gasteiger partial charge is 0.453 e. The fraction of sp³-hybridized carbons (Fsp3) is 0.467. The third kappa shape index (κ3) is 3.35. The maximum Gasteiger partial charge on any atom is 0.409 e. The number of piperidine rings is 1. The summed E-state index contributed by atoms with van der Waals surface area (Å²) in [7, 11) is 1.30. The Balaban J connectivity index is 2.05. The Morgan fingerprint density at radius 1 is 1.23 bits per heavy atom. The minimum atomic E-state index is -0.895. The summed E-state index contributed by atoms with van der Waals surface area (Å²) >= 11 is 0. The van der Waals surface area contributed by atoms with Crippen molar-refractivity contribution in [2.75, 3.05) is 20.2 Å². The number of hydrogen-bond acceptors (Lipinski definition) is 3. The van der Waals surface area contributed by atoms with Gasteiger partial charge in [0.2, 0.25) is 0 Å². The van der Waals surface area contributed by atoms with Gasteiger partial charge in [-0.25, -0.2) is 13.6 Å². The molecule has 1 aromatic carbocycles. The second-order valence-corrected chi connectivity index (χ2v) is 5.57. The van der Waals surface area contributed by atoms with E-state index in [0.29, 0.717) is 25.9 Å². The SMILES string of the molecule is COC(=O)N1CCC(C)(NC(=O)c2c(F)cccc2F)CC1. The van der Waals surface area contributed by atoms with Crippen molar-refractivity contribution in [3.8, 4) is 0 Å². The molecule has 1 saturated heterocycles. The van der Waals surface area contributed by atoms with Crippen LogP contribution in [-0.2, 0) is 4.74 Å². The van der Waals surface area contributed by atoms with Crippen molar-refractivity contribution in [3.63, 3.8) is 0 Å². The van der Waals surface area contributed by atoms with Crippen molar-refractivity contribution in [1.29, 1.82) is 0 Å². The van der Waals surface area contributed by atoms with Gasteiger partial charge in [-0.3, -0.25) is 4.79 Å². The first kappa shape index (κ1) is 16.2. The number of ether oxygens (including phenoxy) is 1. The van der Waals surface area contributed by atoms with Gasteiger partial charge < -0.3 is 15.0 Å². The van der Waals surface area contributed by atoms with Gasteiger partial charge in [-0.1, -0.05) is 6.07 Å². The van der Waals surface area contributed by atoms with Gasteiger partial charge in [0, 0.05) is 18.6 Å². The lowest BCUT2D eigenvalue weighted by atomic mass is 9.89. The molecular formula is C15H18F2N2O3. The number of nitrogens with zero attached hydrogens (tertiary/aromatic N) is 1. The quantitative estimate of drug-likeness (QED) is 0.912. The lowest BCUT2D eigenvalue weighted by molar-refractivity contribution is 0.0785. The van der Waals surface area contributed by atoms with E-state index >= 15 is 0 Å². The van der Waals surface area contributed by atoms with Crippen LogP contribution in [0.3, 0.4) is 0 Å². The lowest BCUT2D eigenvalue weighted by Gasteiger charge is -2.39. The summed E-state index contributed by atoms with van der Waals surface area (Å²) in [6, 6.07) is 3.29. The monoisotopic (exact) mass is 312 g/mol. The molecule has 1 N–H and O–H groups in total. The van der Waals surface area contributed by atoms with Crippen LogP contribution in [0.1, 0.15) is 30.1 Å². The predicted molar refractivity (Wildman–Crippen MR) is 75.4 cm³/mol. The lowest BCUT2D eigenvalue weighted by Crippen LogP contribution is -2.54. The maximum absolute atomic E-state index is 13.6. The van der Waals surface area contributed by atoms with E-state index in [1.165, 1.54) is 18.1 Å². The first-order valence-electron chi connectivity index (χ1n) is 6.96. The Morgan fingerprint density at radius 3 is 2.27 bits per heavy atom. The summed E-state index contributed by atoms with van der Waals surface area (Å²) in [6.07, 6.45) is 0.530. The normalized spacial score (nSPS) is 17.0. The molecule has 0 radical (unpaired) electrons. The van der Waals surface area contributed by atoms with Crippen LogP contribution in [-0.4, -0.2) is 42.6 Å². The number of hydrogen-bond donors (Lipinski definition) is 1. The van der Waals surface area contributed by atoms with Crippen LogP contribution in [0.25, 0.3) is 0 Å². The molecule has 1 aliphatic heterocycles. The summed E-state index contributed by atoms with van der Waals surface area (Å²) in [5, 5.41) is 2.67. The highest BCUT2D eigenvalue weighted by Gasteiger charge is 2.34. The smallest absolute Gasteiger partial charge is 0.409 e. The molecule has 0 bridgehead atoms. The summed E-state index contributed by atoms with van der Waals surface area (Å²) in [5.41, 5.74) is -1.21. The molecule has 0 aromatic heterocycles. The molecule has 0 atom stereocenters. The van der Waals surface area contributed by atoms with Crippen molar-refractivity contribution in [3.05, 3.63) is 35.4 Å². The van der Waals surface area contributed by atoms with E-state index in [1.807, 2.05) is 0 Å². The van der Waals surface area contributed by atoms with Gasteiger partial charge in [0.05, 0.1) is 7.11 Å².